The number of nitrogens with zero attached hydrogens (tertiary/aromatic N) is 2. The van der Waals surface area contributed by atoms with Crippen LogP contribution in [0.5, 0.6) is 0 Å². The molecule has 0 aliphatic heterocycles. The molecule has 9 heteroatoms. The normalized spacial score (nSPS) is 12.8. The number of benzene rings is 2. The van der Waals surface area contributed by atoms with Gasteiger partial charge in [0.15, 0.2) is 9.84 Å². The highest BCUT2D eigenvalue weighted by Crippen LogP contribution is 2.28. The van der Waals surface area contributed by atoms with Crippen LogP contribution in [0.1, 0.15) is 16.4 Å². The summed E-state index contributed by atoms with van der Waals surface area (Å²) in [5.74, 6) is 0. The van der Waals surface area contributed by atoms with Gasteiger partial charge in [-0.2, -0.15) is 0 Å². The smallest absolute Gasteiger partial charge is 0.190 e. The van der Waals surface area contributed by atoms with Crippen LogP contribution in [0.25, 0.3) is 0 Å². The number of hydrogen-bond donors (Lipinski definition) is 0. The van der Waals surface area contributed by atoms with Gasteiger partial charge in [-0.05, 0) is 29.8 Å². The van der Waals surface area contributed by atoms with Gasteiger partial charge in [0.05, 0.1) is 21.2 Å². The molecule has 0 bridgehead atoms. The van der Waals surface area contributed by atoms with Gasteiger partial charge in [-0.15, -0.1) is 0 Å². The standard InChI is InChI=1S/C20H15Cl3N2O3S/c21-17-8-4-5-15(20(17)23)13-28-25-12-18(14-9-10-19(22)24-11-14)29(26,27)16-6-2-1-3-7-16/h1-12,18H,13H2. The lowest BCUT2D eigenvalue weighted by Crippen LogP contribution is -2.15. The minimum Gasteiger partial charge on any atom is -0.391 e. The van der Waals surface area contributed by atoms with E-state index < -0.39 is 15.1 Å². The topological polar surface area (TPSA) is 68.6 Å². The average molecular weight is 470 g/mol. The van der Waals surface area contributed by atoms with Crippen molar-refractivity contribution in [3.05, 3.63) is 93.2 Å². The Bertz CT molecular complexity index is 1110. The zero-order chi connectivity index (χ0) is 20.9. The molecule has 0 fully saturated rings. The summed E-state index contributed by atoms with van der Waals surface area (Å²) in [6, 6.07) is 16.3. The summed E-state index contributed by atoms with van der Waals surface area (Å²) >= 11 is 17.9. The molecule has 29 heavy (non-hydrogen) atoms. The van der Waals surface area contributed by atoms with E-state index in [1.807, 2.05) is 0 Å². The van der Waals surface area contributed by atoms with E-state index in [2.05, 4.69) is 10.1 Å². The van der Waals surface area contributed by atoms with Crippen LogP contribution in [0.15, 0.2) is 76.9 Å². The lowest BCUT2D eigenvalue weighted by molar-refractivity contribution is 0.131. The van der Waals surface area contributed by atoms with Crippen molar-refractivity contribution in [3.8, 4) is 0 Å². The van der Waals surface area contributed by atoms with Gasteiger partial charge in [0, 0.05) is 11.8 Å². The zero-order valence-corrected chi connectivity index (χ0v) is 18.0. The van der Waals surface area contributed by atoms with Gasteiger partial charge in [0.1, 0.15) is 17.0 Å². The molecule has 0 amide bonds. The Morgan fingerprint density at radius 2 is 1.76 bits per heavy atom. The lowest BCUT2D eigenvalue weighted by Gasteiger charge is -2.14. The van der Waals surface area contributed by atoms with E-state index in [9.17, 15) is 8.42 Å². The molecule has 1 unspecified atom stereocenters. The molecular formula is C20H15Cl3N2O3S. The Kier molecular flexibility index (Phi) is 7.14. The molecule has 0 N–H and O–H groups in total. The van der Waals surface area contributed by atoms with Crippen molar-refractivity contribution in [1.29, 1.82) is 0 Å². The van der Waals surface area contributed by atoms with Gasteiger partial charge in [-0.25, -0.2) is 13.4 Å². The molecule has 0 saturated heterocycles. The van der Waals surface area contributed by atoms with Gasteiger partial charge in [0.25, 0.3) is 0 Å². The lowest BCUT2D eigenvalue weighted by atomic mass is 10.2. The summed E-state index contributed by atoms with van der Waals surface area (Å²) < 4.78 is 26.3. The molecule has 3 aromatic rings. The van der Waals surface area contributed by atoms with E-state index in [0.717, 1.165) is 0 Å². The molecular weight excluding hydrogens is 455 g/mol. The summed E-state index contributed by atoms with van der Waals surface area (Å²) in [6.07, 6.45) is 2.61. The molecule has 1 heterocycles. The Hall–Kier alpha value is -2.12. The number of pyridine rings is 1. The fourth-order valence-electron chi connectivity index (χ4n) is 2.52. The van der Waals surface area contributed by atoms with Crippen molar-refractivity contribution in [3.63, 3.8) is 0 Å². The number of oxime groups is 1. The van der Waals surface area contributed by atoms with Crippen LogP contribution in [0.2, 0.25) is 15.2 Å². The molecule has 0 radical (unpaired) electrons. The third-order valence-electron chi connectivity index (χ3n) is 4.01. The van der Waals surface area contributed by atoms with Crippen LogP contribution >= 0.6 is 34.8 Å². The van der Waals surface area contributed by atoms with Crippen LogP contribution in [0.3, 0.4) is 0 Å². The summed E-state index contributed by atoms with van der Waals surface area (Å²) in [5, 5.41) is 3.77. The average Bonchev–Trinajstić information content (AvgIpc) is 2.72. The van der Waals surface area contributed by atoms with Crippen molar-refractivity contribution in [2.45, 2.75) is 16.8 Å². The van der Waals surface area contributed by atoms with Crippen molar-refractivity contribution in [2.24, 2.45) is 5.16 Å². The van der Waals surface area contributed by atoms with Crippen molar-refractivity contribution in [1.82, 2.24) is 4.98 Å². The minimum atomic E-state index is -3.79. The Balaban J connectivity index is 1.86. The van der Waals surface area contributed by atoms with Crippen LogP contribution in [0.4, 0.5) is 0 Å². The first-order valence-electron chi connectivity index (χ1n) is 8.38. The molecule has 0 aliphatic carbocycles. The summed E-state index contributed by atoms with van der Waals surface area (Å²) in [6.45, 7) is 0.0346. The van der Waals surface area contributed by atoms with E-state index in [-0.39, 0.29) is 16.7 Å². The number of halogens is 3. The van der Waals surface area contributed by atoms with Crippen LogP contribution < -0.4 is 0 Å². The molecule has 150 valence electrons. The summed E-state index contributed by atoms with van der Waals surface area (Å²) in [7, 11) is -3.79. The third kappa shape index (κ3) is 5.28. The monoisotopic (exact) mass is 468 g/mol. The highest BCUT2D eigenvalue weighted by molar-refractivity contribution is 7.92. The maximum absolute atomic E-state index is 13.1. The predicted molar refractivity (Wildman–Crippen MR) is 115 cm³/mol. The first-order chi connectivity index (χ1) is 13.9. The van der Waals surface area contributed by atoms with Gasteiger partial charge in [-0.3, -0.25) is 0 Å². The quantitative estimate of drug-likeness (QED) is 0.251. The molecule has 1 aromatic heterocycles. The fourth-order valence-corrected chi connectivity index (χ4v) is 4.55. The summed E-state index contributed by atoms with van der Waals surface area (Å²) in [4.78, 5) is 9.41. The van der Waals surface area contributed by atoms with Crippen molar-refractivity contribution < 1.29 is 13.3 Å². The molecule has 5 nitrogen and oxygen atoms in total. The predicted octanol–water partition coefficient (Wildman–Crippen LogP) is 5.76. The third-order valence-corrected chi connectivity index (χ3v) is 7.08. The van der Waals surface area contributed by atoms with Crippen LogP contribution in [0, 0.1) is 0 Å². The maximum Gasteiger partial charge on any atom is 0.190 e. The Morgan fingerprint density at radius 1 is 1.00 bits per heavy atom. The van der Waals surface area contributed by atoms with E-state index in [0.29, 0.717) is 21.2 Å². The highest BCUT2D eigenvalue weighted by atomic mass is 35.5. The van der Waals surface area contributed by atoms with Gasteiger partial charge >= 0.3 is 0 Å². The van der Waals surface area contributed by atoms with E-state index in [1.54, 1.807) is 42.5 Å². The molecule has 0 saturated carbocycles. The first kappa shape index (κ1) is 21.6. The van der Waals surface area contributed by atoms with Gasteiger partial charge in [0.2, 0.25) is 0 Å². The SMILES string of the molecule is O=S(=O)(c1ccccc1)C(C=NOCc1cccc(Cl)c1Cl)c1ccc(Cl)nc1. The van der Waals surface area contributed by atoms with E-state index in [4.69, 9.17) is 39.6 Å². The van der Waals surface area contributed by atoms with E-state index in [1.165, 1.54) is 30.6 Å². The maximum atomic E-state index is 13.1. The van der Waals surface area contributed by atoms with Gasteiger partial charge in [-0.1, -0.05) is 76.4 Å². The number of rotatable bonds is 7. The molecule has 0 aliphatic rings. The second kappa shape index (κ2) is 9.59. The molecule has 0 spiro atoms. The Labute approximate surface area is 183 Å². The van der Waals surface area contributed by atoms with Crippen LogP contribution in [-0.2, 0) is 21.3 Å². The number of hydrogen-bond acceptors (Lipinski definition) is 5. The van der Waals surface area contributed by atoms with Crippen molar-refractivity contribution in [2.75, 3.05) is 0 Å². The van der Waals surface area contributed by atoms with Crippen molar-refractivity contribution >= 4 is 50.9 Å². The second-order valence-electron chi connectivity index (χ2n) is 5.93. The highest BCUT2D eigenvalue weighted by Gasteiger charge is 2.28. The largest absolute Gasteiger partial charge is 0.391 e. The van der Waals surface area contributed by atoms with E-state index >= 15 is 0 Å². The van der Waals surface area contributed by atoms with Gasteiger partial charge < -0.3 is 4.84 Å². The number of sulfone groups is 1. The molecule has 3 rings (SSSR count). The molecule has 1 atom stereocenters. The number of aromatic nitrogens is 1. The molecule has 2 aromatic carbocycles. The first-order valence-corrected chi connectivity index (χ1v) is 11.1. The summed E-state index contributed by atoms with van der Waals surface area (Å²) in [5.41, 5.74) is 1.04. The second-order valence-corrected chi connectivity index (χ2v) is 9.18. The fraction of sp³-hybridized carbons (Fsp3) is 0.100. The zero-order valence-electron chi connectivity index (χ0n) is 14.9. The minimum absolute atomic E-state index is 0.0346. The van der Waals surface area contributed by atoms with Crippen LogP contribution in [-0.4, -0.2) is 19.6 Å². The Morgan fingerprint density at radius 3 is 2.45 bits per heavy atom.